The number of ether oxygens (including phenoxy) is 1. The minimum atomic E-state index is -0.0406. The van der Waals surface area contributed by atoms with Crippen LogP contribution in [0.3, 0.4) is 0 Å². The molecule has 3 rings (SSSR count). The number of hydrogen-bond acceptors (Lipinski definition) is 3. The van der Waals surface area contributed by atoms with Crippen molar-refractivity contribution in [2.45, 2.75) is 26.2 Å². The molecule has 0 saturated carbocycles. The number of nitrogens with zero attached hydrogens (tertiary/aromatic N) is 1. The first-order chi connectivity index (χ1) is 9.81. The summed E-state index contributed by atoms with van der Waals surface area (Å²) >= 11 is 0. The maximum Gasteiger partial charge on any atom is 0.215 e. The van der Waals surface area contributed by atoms with E-state index in [2.05, 4.69) is 4.98 Å². The molecule has 1 aliphatic heterocycles. The predicted octanol–water partition coefficient (Wildman–Crippen LogP) is 3.20. The van der Waals surface area contributed by atoms with Gasteiger partial charge in [0, 0.05) is 6.20 Å². The average Bonchev–Trinajstić information content (AvgIpc) is 2.53. The Morgan fingerprint density at radius 2 is 2.20 bits per heavy atom. The molecule has 1 aliphatic rings. The molecule has 0 N–H and O–H groups in total. The van der Waals surface area contributed by atoms with Gasteiger partial charge in [-0.25, -0.2) is 0 Å². The number of benzene rings is 1. The van der Waals surface area contributed by atoms with E-state index >= 15 is 0 Å². The van der Waals surface area contributed by atoms with Crippen molar-refractivity contribution in [1.82, 2.24) is 4.98 Å². The van der Waals surface area contributed by atoms with Gasteiger partial charge in [0.05, 0.1) is 12.2 Å². The smallest absolute Gasteiger partial charge is 0.215 e. The van der Waals surface area contributed by atoms with Crippen LogP contribution in [0.2, 0.25) is 0 Å². The summed E-state index contributed by atoms with van der Waals surface area (Å²) < 4.78 is 5.72. The van der Waals surface area contributed by atoms with E-state index in [1.807, 2.05) is 37.3 Å². The van der Waals surface area contributed by atoms with Gasteiger partial charge in [0.25, 0.3) is 0 Å². The van der Waals surface area contributed by atoms with Gasteiger partial charge in [0.15, 0.2) is 0 Å². The zero-order valence-corrected chi connectivity index (χ0v) is 11.6. The molecule has 0 saturated heterocycles. The number of carbonyl (C=O) groups excluding carboxylic acids is 1. The monoisotopic (exact) mass is 267 g/mol. The van der Waals surface area contributed by atoms with E-state index in [4.69, 9.17) is 4.74 Å². The molecule has 0 atom stereocenters. The van der Waals surface area contributed by atoms with Crippen LogP contribution in [0, 0.1) is 0 Å². The molecule has 102 valence electrons. The van der Waals surface area contributed by atoms with Crippen LogP contribution in [0.15, 0.2) is 36.5 Å². The molecule has 2 heterocycles. The summed E-state index contributed by atoms with van der Waals surface area (Å²) in [7, 11) is 0. The molecular formula is C17H17NO2. The number of fused-ring (bicyclic) bond motifs is 1. The molecule has 3 nitrogen and oxygen atoms in total. The maximum absolute atomic E-state index is 12.8. The zero-order chi connectivity index (χ0) is 13.9. The Hall–Kier alpha value is -2.16. The molecule has 0 spiro atoms. The van der Waals surface area contributed by atoms with Crippen LogP contribution in [-0.4, -0.2) is 17.4 Å². The van der Waals surface area contributed by atoms with Gasteiger partial charge in [0.1, 0.15) is 11.4 Å². The number of hydrogen-bond donors (Lipinski definition) is 0. The first-order valence-electron chi connectivity index (χ1n) is 7.04. The second-order valence-electron chi connectivity index (χ2n) is 4.94. The van der Waals surface area contributed by atoms with E-state index in [9.17, 15) is 4.79 Å². The van der Waals surface area contributed by atoms with Gasteiger partial charge in [0.2, 0.25) is 5.78 Å². The lowest BCUT2D eigenvalue weighted by atomic mass is 9.96. The topological polar surface area (TPSA) is 39.2 Å². The van der Waals surface area contributed by atoms with E-state index < -0.39 is 0 Å². The Kier molecular flexibility index (Phi) is 3.50. The highest BCUT2D eigenvalue weighted by atomic mass is 16.5. The van der Waals surface area contributed by atoms with Crippen molar-refractivity contribution in [3.8, 4) is 5.75 Å². The summed E-state index contributed by atoms with van der Waals surface area (Å²) in [5.74, 6) is 0.706. The second kappa shape index (κ2) is 5.45. The van der Waals surface area contributed by atoms with Crippen molar-refractivity contribution < 1.29 is 9.53 Å². The first kappa shape index (κ1) is 12.9. The average molecular weight is 267 g/mol. The van der Waals surface area contributed by atoms with Crippen molar-refractivity contribution in [2.24, 2.45) is 0 Å². The van der Waals surface area contributed by atoms with Gasteiger partial charge in [-0.15, -0.1) is 0 Å². The molecular weight excluding hydrogens is 250 g/mol. The summed E-state index contributed by atoms with van der Waals surface area (Å²) in [5.41, 5.74) is 3.27. The van der Waals surface area contributed by atoms with E-state index in [1.54, 1.807) is 6.20 Å². The molecule has 0 unspecified atom stereocenters. The summed E-state index contributed by atoms with van der Waals surface area (Å²) in [6.45, 7) is 2.71. The van der Waals surface area contributed by atoms with E-state index in [1.165, 1.54) is 0 Å². The Labute approximate surface area is 118 Å². The Balaban J connectivity index is 2.07. The van der Waals surface area contributed by atoms with Crippen molar-refractivity contribution in [2.75, 3.05) is 6.61 Å². The number of pyridine rings is 1. The molecule has 3 heteroatoms. The molecule has 1 aromatic carbocycles. The van der Waals surface area contributed by atoms with Crippen LogP contribution in [0.1, 0.15) is 40.5 Å². The lowest BCUT2D eigenvalue weighted by molar-refractivity contribution is 0.102. The molecule has 0 bridgehead atoms. The molecule has 20 heavy (non-hydrogen) atoms. The maximum atomic E-state index is 12.8. The summed E-state index contributed by atoms with van der Waals surface area (Å²) in [5, 5.41) is 0. The lowest BCUT2D eigenvalue weighted by Crippen LogP contribution is -2.15. The van der Waals surface area contributed by atoms with Crippen LogP contribution in [0.5, 0.6) is 5.75 Å². The largest absolute Gasteiger partial charge is 0.493 e. The highest BCUT2D eigenvalue weighted by Crippen LogP contribution is 2.30. The number of aryl methyl sites for hydroxylation is 2. The van der Waals surface area contributed by atoms with Crippen molar-refractivity contribution >= 4 is 5.78 Å². The number of para-hydroxylation sites is 1. The second-order valence-corrected chi connectivity index (χ2v) is 4.94. The number of rotatable bonds is 3. The van der Waals surface area contributed by atoms with Gasteiger partial charge < -0.3 is 4.74 Å². The van der Waals surface area contributed by atoms with E-state index in [0.29, 0.717) is 17.9 Å². The fraction of sp³-hybridized carbons (Fsp3) is 0.294. The highest BCUT2D eigenvalue weighted by molar-refractivity contribution is 6.10. The highest BCUT2D eigenvalue weighted by Gasteiger charge is 2.22. The van der Waals surface area contributed by atoms with Crippen molar-refractivity contribution in [3.63, 3.8) is 0 Å². The Morgan fingerprint density at radius 3 is 3.05 bits per heavy atom. The lowest BCUT2D eigenvalue weighted by Gasteiger charge is -2.19. The SMILES string of the molecule is CCc1cccnc1C(=O)c1cccc2c1OCCC2. The summed E-state index contributed by atoms with van der Waals surface area (Å²) in [6, 6.07) is 9.61. The van der Waals surface area contributed by atoms with Crippen LogP contribution in [-0.2, 0) is 12.8 Å². The molecule has 0 radical (unpaired) electrons. The summed E-state index contributed by atoms with van der Waals surface area (Å²) in [6.07, 6.45) is 4.45. The number of carbonyl (C=O) groups is 1. The minimum absolute atomic E-state index is 0.0406. The number of aromatic nitrogens is 1. The van der Waals surface area contributed by atoms with Gasteiger partial charge in [-0.2, -0.15) is 0 Å². The van der Waals surface area contributed by atoms with Crippen molar-refractivity contribution in [1.29, 1.82) is 0 Å². The summed E-state index contributed by atoms with van der Waals surface area (Å²) in [4.78, 5) is 17.0. The third-order valence-electron chi connectivity index (χ3n) is 3.67. The quantitative estimate of drug-likeness (QED) is 0.802. The Morgan fingerprint density at radius 1 is 1.30 bits per heavy atom. The standard InChI is InChI=1S/C17H17NO2/c1-2-12-7-4-10-18-15(12)16(19)14-9-3-6-13-8-5-11-20-17(13)14/h3-4,6-7,9-10H,2,5,8,11H2,1H3. The fourth-order valence-electron chi connectivity index (χ4n) is 2.62. The van der Waals surface area contributed by atoms with Crippen LogP contribution in [0.4, 0.5) is 0 Å². The van der Waals surface area contributed by atoms with Crippen LogP contribution >= 0.6 is 0 Å². The normalized spacial score (nSPS) is 13.4. The van der Waals surface area contributed by atoms with Gasteiger partial charge in [-0.1, -0.05) is 25.1 Å². The van der Waals surface area contributed by atoms with Crippen molar-refractivity contribution in [3.05, 3.63) is 58.9 Å². The minimum Gasteiger partial charge on any atom is -0.493 e. The van der Waals surface area contributed by atoms with E-state index in [-0.39, 0.29) is 5.78 Å². The van der Waals surface area contributed by atoms with Crippen LogP contribution < -0.4 is 4.74 Å². The zero-order valence-electron chi connectivity index (χ0n) is 11.6. The third kappa shape index (κ3) is 2.20. The number of ketones is 1. The molecule has 1 aromatic heterocycles. The Bertz CT molecular complexity index is 649. The fourth-order valence-corrected chi connectivity index (χ4v) is 2.62. The molecule has 0 aliphatic carbocycles. The first-order valence-corrected chi connectivity index (χ1v) is 7.04. The van der Waals surface area contributed by atoms with Gasteiger partial charge >= 0.3 is 0 Å². The van der Waals surface area contributed by atoms with Crippen LogP contribution in [0.25, 0.3) is 0 Å². The predicted molar refractivity (Wildman–Crippen MR) is 77.3 cm³/mol. The van der Waals surface area contributed by atoms with E-state index in [0.717, 1.165) is 36.1 Å². The van der Waals surface area contributed by atoms with Gasteiger partial charge in [-0.05, 0) is 42.5 Å². The van der Waals surface area contributed by atoms with Gasteiger partial charge in [-0.3, -0.25) is 9.78 Å². The molecule has 0 fully saturated rings. The third-order valence-corrected chi connectivity index (χ3v) is 3.67. The molecule has 2 aromatic rings. The molecule has 0 amide bonds.